The molecular weight excluding hydrogens is 300 g/mol. The van der Waals surface area contributed by atoms with Crippen LogP contribution < -0.4 is 0 Å². The van der Waals surface area contributed by atoms with Crippen molar-refractivity contribution in [1.29, 1.82) is 0 Å². The summed E-state index contributed by atoms with van der Waals surface area (Å²) in [6, 6.07) is 8.40. The molecule has 4 nitrogen and oxygen atoms in total. The summed E-state index contributed by atoms with van der Waals surface area (Å²) in [5.74, 6) is -0.103. The molecule has 0 spiro atoms. The number of nitrogens with zero attached hydrogens (tertiary/aromatic N) is 2. The number of oxime groups is 1. The second-order valence-corrected chi connectivity index (χ2v) is 7.03. The lowest BCUT2D eigenvalue weighted by molar-refractivity contribution is -0.149. The van der Waals surface area contributed by atoms with Crippen molar-refractivity contribution < 1.29 is 9.63 Å². The number of hydrogen-bond acceptors (Lipinski definition) is 3. The number of para-hydroxylation sites is 1. The molecule has 0 atom stereocenters. The van der Waals surface area contributed by atoms with E-state index in [2.05, 4.69) is 41.0 Å². The fourth-order valence-corrected chi connectivity index (χ4v) is 4.21. The molecule has 0 bridgehead atoms. The quantitative estimate of drug-likeness (QED) is 0.609. The van der Waals surface area contributed by atoms with E-state index in [4.69, 9.17) is 4.84 Å². The molecule has 24 heavy (non-hydrogen) atoms. The highest BCUT2D eigenvalue weighted by Gasteiger charge is 2.26. The van der Waals surface area contributed by atoms with Crippen molar-refractivity contribution in [3.63, 3.8) is 0 Å². The number of carbonyl (C=O) groups is 1. The third kappa shape index (κ3) is 2.64. The van der Waals surface area contributed by atoms with Gasteiger partial charge in [-0.2, -0.15) is 0 Å². The van der Waals surface area contributed by atoms with Gasteiger partial charge < -0.3 is 9.40 Å². The van der Waals surface area contributed by atoms with E-state index in [0.717, 1.165) is 50.7 Å². The number of hydrogen-bond donors (Lipinski definition) is 0. The summed E-state index contributed by atoms with van der Waals surface area (Å²) in [4.78, 5) is 17.7. The highest BCUT2D eigenvalue weighted by molar-refractivity contribution is 6.12. The molecule has 1 aromatic heterocycles. The first-order chi connectivity index (χ1) is 11.8. The molecule has 0 N–H and O–H groups in total. The Bertz CT molecular complexity index is 797. The molecular formula is C20H24N2O2. The van der Waals surface area contributed by atoms with Crippen molar-refractivity contribution in [3.8, 4) is 0 Å². The zero-order chi connectivity index (χ0) is 16.5. The fourth-order valence-electron chi connectivity index (χ4n) is 4.21. The Kier molecular flexibility index (Phi) is 4.13. The van der Waals surface area contributed by atoms with E-state index in [1.165, 1.54) is 28.6 Å². The van der Waals surface area contributed by atoms with Crippen molar-refractivity contribution >= 4 is 22.6 Å². The third-order valence-corrected chi connectivity index (χ3v) is 5.53. The van der Waals surface area contributed by atoms with Gasteiger partial charge in [0.15, 0.2) is 0 Å². The molecule has 2 aromatic rings. The van der Waals surface area contributed by atoms with Gasteiger partial charge >= 0.3 is 5.97 Å². The summed E-state index contributed by atoms with van der Waals surface area (Å²) < 4.78 is 2.25. The molecule has 1 saturated carbocycles. The monoisotopic (exact) mass is 324 g/mol. The maximum absolute atomic E-state index is 12.3. The number of aromatic nitrogens is 1. The van der Waals surface area contributed by atoms with Crippen LogP contribution in [-0.2, 0) is 23.1 Å². The minimum atomic E-state index is -0.144. The van der Waals surface area contributed by atoms with Gasteiger partial charge in [-0.1, -0.05) is 42.6 Å². The lowest BCUT2D eigenvalue weighted by Gasteiger charge is -2.19. The Morgan fingerprint density at radius 1 is 1.12 bits per heavy atom. The van der Waals surface area contributed by atoms with Crippen molar-refractivity contribution in [1.82, 2.24) is 4.57 Å². The minimum Gasteiger partial charge on any atom is -0.347 e. The van der Waals surface area contributed by atoms with Gasteiger partial charge in [0.05, 0.1) is 11.6 Å². The van der Waals surface area contributed by atoms with Gasteiger partial charge in [0.1, 0.15) is 0 Å². The van der Waals surface area contributed by atoms with Crippen LogP contribution in [0.4, 0.5) is 0 Å². The number of benzene rings is 1. The second-order valence-electron chi connectivity index (χ2n) is 7.03. The SMILES string of the molecule is Cn1c2c(c3ccccc31)/C(=N/OC(=O)C1CCCCC1)CCC2. The van der Waals surface area contributed by atoms with Gasteiger partial charge in [-0.15, -0.1) is 0 Å². The van der Waals surface area contributed by atoms with E-state index in [9.17, 15) is 4.79 Å². The van der Waals surface area contributed by atoms with Gasteiger partial charge in [0.25, 0.3) is 0 Å². The van der Waals surface area contributed by atoms with Crippen LogP contribution in [0.25, 0.3) is 10.9 Å². The molecule has 4 rings (SSSR count). The van der Waals surface area contributed by atoms with Gasteiger partial charge in [-0.05, 0) is 38.2 Å². The molecule has 2 aliphatic rings. The van der Waals surface area contributed by atoms with Crippen LogP contribution in [0, 0.1) is 5.92 Å². The van der Waals surface area contributed by atoms with Gasteiger partial charge in [0, 0.05) is 29.2 Å². The smallest absolute Gasteiger partial charge is 0.338 e. The Balaban J connectivity index is 1.64. The maximum Gasteiger partial charge on any atom is 0.338 e. The van der Waals surface area contributed by atoms with E-state index in [-0.39, 0.29) is 11.9 Å². The predicted molar refractivity (Wildman–Crippen MR) is 95.1 cm³/mol. The van der Waals surface area contributed by atoms with Gasteiger partial charge in [-0.3, -0.25) is 0 Å². The van der Waals surface area contributed by atoms with E-state index in [0.29, 0.717) is 0 Å². The molecule has 2 aliphatic carbocycles. The van der Waals surface area contributed by atoms with Crippen LogP contribution in [0.3, 0.4) is 0 Å². The number of carbonyl (C=O) groups excluding carboxylic acids is 1. The van der Waals surface area contributed by atoms with E-state index < -0.39 is 0 Å². The standard InChI is InChI=1S/C20H24N2O2/c1-22-17-12-6-5-10-15(17)19-16(11-7-13-18(19)22)21-24-20(23)14-8-3-2-4-9-14/h5-6,10,12,14H,2-4,7-9,11,13H2,1H3/b21-16+. The first-order valence-electron chi connectivity index (χ1n) is 9.10. The average Bonchev–Trinajstić information content (AvgIpc) is 2.94. The molecule has 0 amide bonds. The van der Waals surface area contributed by atoms with Crippen LogP contribution >= 0.6 is 0 Å². The maximum atomic E-state index is 12.3. The van der Waals surface area contributed by atoms with Crippen molar-refractivity contribution in [2.45, 2.75) is 51.4 Å². The zero-order valence-electron chi connectivity index (χ0n) is 14.3. The number of rotatable bonds is 2. The summed E-state index contributed by atoms with van der Waals surface area (Å²) in [6.45, 7) is 0. The summed E-state index contributed by atoms with van der Waals surface area (Å²) >= 11 is 0. The molecule has 0 saturated heterocycles. The van der Waals surface area contributed by atoms with Gasteiger partial charge in [-0.25, -0.2) is 4.79 Å². The Morgan fingerprint density at radius 3 is 2.75 bits per heavy atom. The van der Waals surface area contributed by atoms with E-state index >= 15 is 0 Å². The fraction of sp³-hybridized carbons (Fsp3) is 0.500. The second kappa shape index (κ2) is 6.42. The molecule has 1 aromatic carbocycles. The topological polar surface area (TPSA) is 43.6 Å². The minimum absolute atomic E-state index is 0.0404. The molecule has 0 aliphatic heterocycles. The summed E-state index contributed by atoms with van der Waals surface area (Å²) in [6.07, 6.45) is 8.36. The van der Waals surface area contributed by atoms with Crippen LogP contribution in [0.2, 0.25) is 0 Å². The van der Waals surface area contributed by atoms with Crippen LogP contribution in [-0.4, -0.2) is 16.2 Å². The van der Waals surface area contributed by atoms with Crippen molar-refractivity contribution in [3.05, 3.63) is 35.5 Å². The number of aryl methyl sites for hydroxylation is 1. The Hall–Kier alpha value is -2.10. The van der Waals surface area contributed by atoms with E-state index in [1.54, 1.807) is 0 Å². The number of fused-ring (bicyclic) bond motifs is 3. The molecule has 0 radical (unpaired) electrons. The highest BCUT2D eigenvalue weighted by Crippen LogP contribution is 2.32. The van der Waals surface area contributed by atoms with Crippen LogP contribution in [0.15, 0.2) is 29.4 Å². The first-order valence-corrected chi connectivity index (χ1v) is 9.10. The lowest BCUT2D eigenvalue weighted by Crippen LogP contribution is -2.20. The van der Waals surface area contributed by atoms with Crippen molar-refractivity contribution in [2.24, 2.45) is 18.1 Å². The van der Waals surface area contributed by atoms with Crippen LogP contribution in [0.1, 0.15) is 56.2 Å². The molecule has 1 fully saturated rings. The van der Waals surface area contributed by atoms with Gasteiger partial charge in [0.2, 0.25) is 0 Å². The molecule has 1 heterocycles. The lowest BCUT2D eigenvalue weighted by atomic mass is 9.89. The normalized spacial score (nSPS) is 20.3. The zero-order valence-corrected chi connectivity index (χ0v) is 14.3. The van der Waals surface area contributed by atoms with Crippen LogP contribution in [0.5, 0.6) is 0 Å². The predicted octanol–water partition coefficient (Wildman–Crippen LogP) is 4.34. The highest BCUT2D eigenvalue weighted by atomic mass is 16.7. The Labute approximate surface area is 142 Å². The molecule has 4 heteroatoms. The molecule has 126 valence electrons. The average molecular weight is 324 g/mol. The summed E-state index contributed by atoms with van der Waals surface area (Å²) in [7, 11) is 2.11. The third-order valence-electron chi connectivity index (χ3n) is 5.53. The largest absolute Gasteiger partial charge is 0.347 e. The summed E-state index contributed by atoms with van der Waals surface area (Å²) in [5, 5.41) is 5.53. The Morgan fingerprint density at radius 2 is 1.92 bits per heavy atom. The summed E-state index contributed by atoms with van der Waals surface area (Å²) in [5.41, 5.74) is 4.62. The molecule has 0 unspecified atom stereocenters. The van der Waals surface area contributed by atoms with E-state index in [1.807, 2.05) is 0 Å². The van der Waals surface area contributed by atoms with Crippen molar-refractivity contribution in [2.75, 3.05) is 0 Å². The first kappa shape index (κ1) is 15.4.